The van der Waals surface area contributed by atoms with Crippen molar-refractivity contribution in [2.45, 2.75) is 38.5 Å². The molecule has 0 spiro atoms. The van der Waals surface area contributed by atoms with Crippen LogP contribution in [0.5, 0.6) is 0 Å². The monoisotopic (exact) mass is 571 g/mol. The second kappa shape index (κ2) is 7.41. The molecule has 154 valence electrons. The molecule has 0 aromatic carbocycles. The van der Waals surface area contributed by atoms with Crippen molar-refractivity contribution in [1.82, 2.24) is 39.0 Å². The Bertz CT molecular complexity index is 996. The maximum absolute atomic E-state index is 4.87. The molecule has 0 radical (unpaired) electrons. The van der Waals surface area contributed by atoms with Crippen molar-refractivity contribution < 1.29 is 21.1 Å². The summed E-state index contributed by atoms with van der Waals surface area (Å²) in [4.78, 5) is 26.9. The van der Waals surface area contributed by atoms with E-state index in [0.717, 1.165) is 23.0 Å². The van der Waals surface area contributed by atoms with Gasteiger partial charge >= 0.3 is 21.1 Å². The van der Waals surface area contributed by atoms with Crippen LogP contribution in [0.25, 0.3) is 23.3 Å². The Hall–Kier alpha value is -2.47. The van der Waals surface area contributed by atoms with Gasteiger partial charge in [-0.2, -0.15) is 0 Å². The van der Waals surface area contributed by atoms with Crippen LogP contribution in [-0.4, -0.2) is 29.1 Å². The molecule has 29 heavy (non-hydrogen) atoms. The summed E-state index contributed by atoms with van der Waals surface area (Å²) in [6, 6.07) is 0. The van der Waals surface area contributed by atoms with Gasteiger partial charge < -0.3 is 29.1 Å². The van der Waals surface area contributed by atoms with Gasteiger partial charge in [-0.05, 0) is 11.6 Å². The fourth-order valence-electron chi connectivity index (χ4n) is 3.30. The number of hydrogen-bond acceptors (Lipinski definition) is 4. The molecule has 0 aliphatic carbocycles. The minimum Gasteiger partial charge on any atom is -0.440 e. The molecule has 0 unspecified atom stereocenters. The molecule has 9 heteroatoms. The Morgan fingerprint density at radius 3 is 1.41 bits per heavy atom. The summed E-state index contributed by atoms with van der Waals surface area (Å²) in [5.74, 6) is 2.79. The normalized spacial score (nSPS) is 12.2. The van der Waals surface area contributed by atoms with E-state index in [9.17, 15) is 0 Å². The summed E-state index contributed by atoms with van der Waals surface area (Å²) in [6.07, 6.45) is 10.8. The van der Waals surface area contributed by atoms with Gasteiger partial charge in [0.1, 0.15) is 11.6 Å². The van der Waals surface area contributed by atoms with Gasteiger partial charge in [0.05, 0.1) is 11.4 Å². The van der Waals surface area contributed by atoms with Crippen LogP contribution < -0.4 is 9.97 Å². The second-order valence-corrected chi connectivity index (χ2v) is 8.13. The first-order valence-electron chi connectivity index (χ1n) is 9.17. The Morgan fingerprint density at radius 2 is 1.10 bits per heavy atom. The molecule has 0 saturated carbocycles. The van der Waals surface area contributed by atoms with Gasteiger partial charge in [-0.1, -0.05) is 52.5 Å². The molecule has 0 bridgehead atoms. The molecule has 0 saturated heterocycles. The second-order valence-electron chi connectivity index (χ2n) is 8.13. The molecule has 0 amide bonds. The van der Waals surface area contributed by atoms with Crippen LogP contribution in [0.1, 0.15) is 39.1 Å². The van der Waals surface area contributed by atoms with E-state index in [2.05, 4.69) is 60.0 Å². The molecule has 4 heterocycles. The number of aromatic nitrogens is 8. The molecule has 0 N–H and O–H groups in total. The van der Waals surface area contributed by atoms with Crippen LogP contribution in [0.15, 0.2) is 37.2 Å². The molecule has 4 aromatic heterocycles. The van der Waals surface area contributed by atoms with Crippen molar-refractivity contribution in [2.24, 2.45) is 14.1 Å². The summed E-state index contributed by atoms with van der Waals surface area (Å²) in [5, 5.41) is 0. The average molecular weight is 572 g/mol. The van der Waals surface area contributed by atoms with Crippen molar-refractivity contribution in [3.8, 4) is 23.3 Å². The summed E-state index contributed by atoms with van der Waals surface area (Å²) in [7, 11) is 3.94. The minimum atomic E-state index is -0.298. The predicted octanol–water partition coefficient (Wildman–Crippen LogP) is 2.44. The van der Waals surface area contributed by atoms with Crippen molar-refractivity contribution >= 4 is 0 Å². The fourth-order valence-corrected chi connectivity index (χ4v) is 3.30. The minimum absolute atomic E-state index is 0. The smallest absolute Gasteiger partial charge is 0.440 e. The van der Waals surface area contributed by atoms with Crippen molar-refractivity contribution in [1.29, 1.82) is 0 Å². The first-order chi connectivity index (χ1) is 13.2. The number of hydrogen-bond donors (Lipinski definition) is 0. The van der Waals surface area contributed by atoms with Crippen molar-refractivity contribution in [2.75, 3.05) is 0 Å². The first-order valence-corrected chi connectivity index (χ1v) is 9.17. The predicted molar refractivity (Wildman–Crippen MR) is 106 cm³/mol. The standard InChI is InChI=1S/C20H24N8.Pt/c1-19(2,13-11-27(5)17(25-13)15-21-7-8-22-15)20(3,4)14-12-28(6)18(26-14)16-23-9-10-24-16;/h7-12H,1-6H3;/q-2;+2. The van der Waals surface area contributed by atoms with Crippen LogP contribution >= 0.6 is 0 Å². The van der Waals surface area contributed by atoms with Gasteiger partial charge in [-0.15, -0.1) is 0 Å². The van der Waals surface area contributed by atoms with E-state index in [-0.39, 0.29) is 31.9 Å². The topological polar surface area (TPSA) is 89.6 Å². The van der Waals surface area contributed by atoms with E-state index in [1.165, 1.54) is 0 Å². The zero-order valence-electron chi connectivity index (χ0n) is 17.4. The third-order valence-electron chi connectivity index (χ3n) is 5.92. The molecular formula is C20H24N8Pt. The van der Waals surface area contributed by atoms with Crippen molar-refractivity contribution in [3.05, 3.63) is 48.6 Å². The third kappa shape index (κ3) is 3.39. The number of aryl methyl sites for hydroxylation is 2. The SMILES string of the molecule is Cn1cc(C(C)(C)C(C)(C)c2cn(C)c(-c3ncc[n-]3)n2)nc1-c1ncc[n-]1.[Pt+2]. The van der Waals surface area contributed by atoms with Crippen LogP contribution in [-0.2, 0) is 46.0 Å². The zero-order chi connectivity index (χ0) is 20.1. The molecule has 0 aliphatic heterocycles. The Balaban J connectivity index is 0.00000240. The quantitative estimate of drug-likeness (QED) is 0.366. The van der Waals surface area contributed by atoms with Crippen molar-refractivity contribution in [3.63, 3.8) is 0 Å². The van der Waals surface area contributed by atoms with Crippen LogP contribution in [0.3, 0.4) is 0 Å². The number of nitrogens with zero attached hydrogens (tertiary/aromatic N) is 8. The maximum atomic E-state index is 4.87. The van der Waals surface area contributed by atoms with E-state index < -0.39 is 0 Å². The summed E-state index contributed by atoms with van der Waals surface area (Å²) >= 11 is 0. The van der Waals surface area contributed by atoms with Gasteiger partial charge in [0.15, 0.2) is 0 Å². The Morgan fingerprint density at radius 1 is 0.724 bits per heavy atom. The molecule has 8 nitrogen and oxygen atoms in total. The molecule has 0 fully saturated rings. The van der Waals surface area contributed by atoms with Gasteiger partial charge in [-0.25, -0.2) is 9.97 Å². The number of rotatable bonds is 5. The van der Waals surface area contributed by atoms with Crippen LogP contribution in [0.4, 0.5) is 0 Å². The summed E-state index contributed by atoms with van der Waals surface area (Å²) in [5.41, 5.74) is 1.34. The molecular weight excluding hydrogens is 547 g/mol. The summed E-state index contributed by atoms with van der Waals surface area (Å²) < 4.78 is 3.95. The largest absolute Gasteiger partial charge is 2.00 e. The Labute approximate surface area is 184 Å². The van der Waals surface area contributed by atoms with E-state index in [4.69, 9.17) is 9.97 Å². The van der Waals surface area contributed by atoms with Gasteiger partial charge in [0, 0.05) is 37.3 Å². The van der Waals surface area contributed by atoms with E-state index in [0.29, 0.717) is 11.6 Å². The van der Waals surface area contributed by atoms with Gasteiger partial charge in [0.25, 0.3) is 0 Å². The molecule has 4 rings (SSSR count). The van der Waals surface area contributed by atoms with Crippen LogP contribution in [0, 0.1) is 0 Å². The van der Waals surface area contributed by atoms with E-state index >= 15 is 0 Å². The van der Waals surface area contributed by atoms with E-state index in [1.54, 1.807) is 24.8 Å². The van der Waals surface area contributed by atoms with Gasteiger partial charge in [0.2, 0.25) is 0 Å². The van der Waals surface area contributed by atoms with Gasteiger partial charge in [-0.3, -0.25) is 0 Å². The van der Waals surface area contributed by atoms with Crippen LogP contribution in [0.2, 0.25) is 0 Å². The molecule has 0 aliphatic rings. The fraction of sp³-hybridized carbons (Fsp3) is 0.400. The summed E-state index contributed by atoms with van der Waals surface area (Å²) in [6.45, 7) is 8.77. The third-order valence-corrected chi connectivity index (χ3v) is 5.92. The molecule has 4 aromatic rings. The maximum Gasteiger partial charge on any atom is 2.00 e. The zero-order valence-corrected chi connectivity index (χ0v) is 19.6. The van der Waals surface area contributed by atoms with E-state index in [1.807, 2.05) is 23.2 Å². The Kier molecular flexibility index (Phi) is 5.43. The number of imidazole rings is 4. The average Bonchev–Trinajstić information content (AvgIpc) is 3.41. The first kappa shape index (κ1) is 21.2. The molecule has 0 atom stereocenters.